The van der Waals surface area contributed by atoms with Gasteiger partial charge in [0.15, 0.2) is 11.4 Å². The van der Waals surface area contributed by atoms with Gasteiger partial charge in [-0.2, -0.15) is 8.42 Å². The topological polar surface area (TPSA) is 107 Å². The van der Waals surface area contributed by atoms with Gasteiger partial charge in [0.25, 0.3) is 15.2 Å². The van der Waals surface area contributed by atoms with Crippen LogP contribution in [0, 0.1) is 11.3 Å². The summed E-state index contributed by atoms with van der Waals surface area (Å²) < 4.78 is 34.8. The van der Waals surface area contributed by atoms with E-state index in [-0.39, 0.29) is 23.8 Å². The van der Waals surface area contributed by atoms with E-state index in [2.05, 4.69) is 9.97 Å². The van der Waals surface area contributed by atoms with E-state index in [1.807, 2.05) is 99.6 Å². The summed E-state index contributed by atoms with van der Waals surface area (Å²) in [5.74, 6) is -2.55. The van der Waals surface area contributed by atoms with Gasteiger partial charge < -0.3 is 4.74 Å². The monoisotopic (exact) mass is 647 g/mol. The van der Waals surface area contributed by atoms with Crippen LogP contribution in [0.5, 0.6) is 0 Å². The van der Waals surface area contributed by atoms with Gasteiger partial charge in [-0.3, -0.25) is 13.9 Å². The predicted molar refractivity (Wildman–Crippen MR) is 181 cm³/mol. The normalized spacial score (nSPS) is 17.0. The van der Waals surface area contributed by atoms with E-state index in [9.17, 15) is 18.0 Å². The molecule has 6 rings (SSSR count). The summed E-state index contributed by atoms with van der Waals surface area (Å²) >= 11 is 0. The lowest BCUT2D eigenvalue weighted by Gasteiger charge is -2.34. The van der Waals surface area contributed by atoms with Crippen molar-refractivity contribution in [3.05, 3.63) is 132 Å². The number of ether oxygens (including phenoxy) is 1. The highest BCUT2D eigenvalue weighted by Crippen LogP contribution is 2.48. The fourth-order valence-corrected chi connectivity index (χ4v) is 7.63. The third-order valence-corrected chi connectivity index (χ3v) is 10.5. The highest BCUT2D eigenvalue weighted by atomic mass is 32.2. The van der Waals surface area contributed by atoms with Crippen LogP contribution in [0.4, 0.5) is 5.69 Å². The zero-order valence-electron chi connectivity index (χ0n) is 26.8. The number of ketones is 1. The maximum Gasteiger partial charge on any atom is 0.318 e. The average molecular weight is 648 g/mol. The van der Waals surface area contributed by atoms with Crippen molar-refractivity contribution < 1.29 is 22.7 Å². The fraction of sp³-hybridized carbons (Fsp3) is 0.263. The molecule has 0 amide bonds. The van der Waals surface area contributed by atoms with Gasteiger partial charge in [0.2, 0.25) is 0 Å². The Bertz CT molecular complexity index is 2000. The quantitative estimate of drug-likeness (QED) is 0.101. The van der Waals surface area contributed by atoms with Crippen LogP contribution in [0.15, 0.2) is 121 Å². The molecular weight excluding hydrogens is 611 g/mol. The Balaban J connectivity index is 1.38. The number of hydrogen-bond acceptors (Lipinski definition) is 7. The molecule has 8 nitrogen and oxygen atoms in total. The molecule has 1 fully saturated rings. The number of benzene rings is 4. The molecule has 2 atom stereocenters. The first-order chi connectivity index (χ1) is 22.4. The SMILES string of the molecule is CN(c1cccc(C(C2C(=O)OC(Cc3ccccc3)(Cc3ccccc3)C2=O)C(C)(C)C)c1)S(=O)(=O)c1ncc2ccccc2n1. The minimum atomic E-state index is -4.14. The first kappa shape index (κ1) is 32.1. The maximum atomic E-state index is 14.7. The number of esters is 1. The molecule has 47 heavy (non-hydrogen) atoms. The number of nitrogens with zero attached hydrogens (tertiary/aromatic N) is 3. The summed E-state index contributed by atoms with van der Waals surface area (Å²) in [6.07, 6.45) is 1.98. The molecule has 0 aliphatic carbocycles. The molecule has 0 radical (unpaired) electrons. The van der Waals surface area contributed by atoms with Gasteiger partial charge in [-0.15, -0.1) is 0 Å². The van der Waals surface area contributed by atoms with Crippen molar-refractivity contribution in [2.45, 2.75) is 50.3 Å². The Morgan fingerprint density at radius 1 is 0.830 bits per heavy atom. The van der Waals surface area contributed by atoms with Crippen molar-refractivity contribution >= 4 is 38.4 Å². The van der Waals surface area contributed by atoms with E-state index in [0.717, 1.165) is 20.8 Å². The number of aromatic nitrogens is 2. The molecule has 0 bridgehead atoms. The average Bonchev–Trinajstić information content (AvgIpc) is 3.28. The number of hydrogen-bond donors (Lipinski definition) is 0. The van der Waals surface area contributed by atoms with Crippen LogP contribution in [0.2, 0.25) is 0 Å². The van der Waals surface area contributed by atoms with Gasteiger partial charge in [0.05, 0.1) is 11.2 Å². The number of anilines is 1. The first-order valence-electron chi connectivity index (χ1n) is 15.5. The Hall–Kier alpha value is -4.89. The van der Waals surface area contributed by atoms with Crippen LogP contribution in [-0.4, -0.2) is 42.8 Å². The molecule has 0 N–H and O–H groups in total. The van der Waals surface area contributed by atoms with E-state index in [4.69, 9.17) is 4.74 Å². The van der Waals surface area contributed by atoms with Gasteiger partial charge in [0, 0.05) is 37.4 Å². The highest BCUT2D eigenvalue weighted by molar-refractivity contribution is 7.92. The Morgan fingerprint density at radius 2 is 1.43 bits per heavy atom. The number of para-hydroxylation sites is 1. The van der Waals surface area contributed by atoms with Gasteiger partial charge in [-0.25, -0.2) is 9.97 Å². The van der Waals surface area contributed by atoms with Crippen molar-refractivity contribution in [1.82, 2.24) is 9.97 Å². The molecule has 9 heteroatoms. The number of carbonyl (C=O) groups excluding carboxylic acids is 2. The second-order valence-electron chi connectivity index (χ2n) is 13.2. The summed E-state index contributed by atoms with van der Waals surface area (Å²) in [6, 6.07) is 33.3. The lowest BCUT2D eigenvalue weighted by molar-refractivity contribution is -0.153. The third kappa shape index (κ3) is 6.27. The third-order valence-electron chi connectivity index (χ3n) is 8.86. The lowest BCUT2D eigenvalue weighted by atomic mass is 9.66. The number of cyclic esters (lactones) is 1. The molecule has 1 aliphatic rings. The lowest BCUT2D eigenvalue weighted by Crippen LogP contribution is -2.44. The minimum Gasteiger partial charge on any atom is -0.450 e. The molecule has 0 spiro atoms. The minimum absolute atomic E-state index is 0.244. The van der Waals surface area contributed by atoms with Crippen LogP contribution >= 0.6 is 0 Å². The molecule has 2 heterocycles. The summed E-state index contributed by atoms with van der Waals surface area (Å²) in [5.41, 5.74) is 1.34. The first-order valence-corrected chi connectivity index (χ1v) is 17.0. The number of fused-ring (bicyclic) bond motifs is 1. The van der Waals surface area contributed by atoms with Gasteiger partial charge in [-0.1, -0.05) is 112 Å². The summed E-state index contributed by atoms with van der Waals surface area (Å²) in [6.45, 7) is 5.92. The number of rotatable bonds is 9. The largest absolute Gasteiger partial charge is 0.450 e. The van der Waals surface area contributed by atoms with Gasteiger partial charge in [-0.05, 0) is 40.3 Å². The fourth-order valence-electron chi connectivity index (χ4n) is 6.59. The Labute approximate surface area is 275 Å². The molecule has 1 aliphatic heterocycles. The summed E-state index contributed by atoms with van der Waals surface area (Å²) in [5, 5.41) is 0.408. The zero-order valence-corrected chi connectivity index (χ0v) is 27.6. The second-order valence-corrected chi connectivity index (χ2v) is 15.1. The molecule has 240 valence electrons. The highest BCUT2D eigenvalue weighted by Gasteiger charge is 2.59. The number of Topliss-reactive ketones (excluding diaryl/α,β-unsaturated/α-hetero) is 1. The Kier molecular flexibility index (Phi) is 8.44. The standard InChI is InChI=1S/C38H37N3O5S/c1-37(2,3)33(28-19-13-20-30(22-28)41(4)47(44,45)36-39-25-29-18-11-12-21-31(29)40-36)32-34(42)38(46-35(32)43,23-26-14-7-5-8-15-26)24-27-16-9-6-10-17-27/h5-22,25,32-33H,23-24H2,1-4H3. The molecule has 1 saturated heterocycles. The van der Waals surface area contributed by atoms with Crippen LogP contribution in [0.1, 0.15) is 43.4 Å². The van der Waals surface area contributed by atoms with Crippen molar-refractivity contribution in [3.8, 4) is 0 Å². The second kappa shape index (κ2) is 12.4. The van der Waals surface area contributed by atoms with E-state index >= 15 is 0 Å². The molecular formula is C38H37N3O5S. The van der Waals surface area contributed by atoms with Crippen molar-refractivity contribution in [1.29, 1.82) is 0 Å². The Morgan fingerprint density at radius 3 is 2.04 bits per heavy atom. The van der Waals surface area contributed by atoms with E-state index in [0.29, 0.717) is 16.8 Å². The van der Waals surface area contributed by atoms with E-state index in [1.54, 1.807) is 30.3 Å². The molecule has 1 aromatic heterocycles. The van der Waals surface area contributed by atoms with Crippen LogP contribution in [-0.2, 0) is 37.2 Å². The van der Waals surface area contributed by atoms with Crippen LogP contribution in [0.25, 0.3) is 10.9 Å². The summed E-state index contributed by atoms with van der Waals surface area (Å²) in [4.78, 5) is 37.1. The number of carbonyl (C=O) groups is 2. The van der Waals surface area contributed by atoms with E-state index < -0.39 is 38.8 Å². The van der Waals surface area contributed by atoms with Crippen LogP contribution in [0.3, 0.4) is 0 Å². The zero-order chi connectivity index (χ0) is 33.4. The van der Waals surface area contributed by atoms with Crippen LogP contribution < -0.4 is 4.31 Å². The summed E-state index contributed by atoms with van der Waals surface area (Å²) in [7, 11) is -2.69. The van der Waals surface area contributed by atoms with E-state index in [1.165, 1.54) is 13.2 Å². The number of sulfonamides is 1. The molecule has 4 aromatic carbocycles. The van der Waals surface area contributed by atoms with Gasteiger partial charge >= 0.3 is 5.97 Å². The van der Waals surface area contributed by atoms with Crippen molar-refractivity contribution in [3.63, 3.8) is 0 Å². The maximum absolute atomic E-state index is 14.7. The van der Waals surface area contributed by atoms with Gasteiger partial charge in [0.1, 0.15) is 5.92 Å². The predicted octanol–water partition coefficient (Wildman–Crippen LogP) is 6.55. The molecule has 5 aromatic rings. The van der Waals surface area contributed by atoms with Crippen molar-refractivity contribution in [2.75, 3.05) is 11.4 Å². The molecule has 2 unspecified atom stereocenters. The van der Waals surface area contributed by atoms with Crippen molar-refractivity contribution in [2.24, 2.45) is 11.3 Å². The molecule has 0 saturated carbocycles. The smallest absolute Gasteiger partial charge is 0.318 e.